The number of methoxy groups -OCH3 is 6. The molecule has 6 nitrogen and oxygen atoms in total. The van der Waals surface area contributed by atoms with Gasteiger partial charge in [0.25, 0.3) is 0 Å². The van der Waals surface area contributed by atoms with Gasteiger partial charge in [0, 0.05) is 0 Å². The highest BCUT2D eigenvalue weighted by atomic mass is 28.2. The fourth-order valence-corrected chi connectivity index (χ4v) is 12.6. The van der Waals surface area contributed by atoms with Crippen LogP contribution in [0.25, 0.3) is 0 Å². The zero-order valence-electron chi connectivity index (χ0n) is 30.5. The molecule has 0 saturated heterocycles. The molecule has 0 saturated carbocycles. The van der Waals surface area contributed by atoms with E-state index >= 15 is 0 Å². The lowest BCUT2D eigenvalue weighted by Crippen LogP contribution is -2.28. The lowest BCUT2D eigenvalue weighted by molar-refractivity contribution is 0.327. The summed E-state index contributed by atoms with van der Waals surface area (Å²) in [5, 5.41) is 4.05. The standard InChI is InChI=1S/C40H56O6Si3/c1-41-31-18-10-21-34(37(31)44-4)47-27-13-24-40(30-16-8-7-9-17-30,25-14-28-48-35-22-11-19-32(42-2)38(35)45-5)26-15-29-49-36-23-12-20-33(43-3)39(36)46-6/h7-12,16-23H,13-15,24-29,47-49H2,1-6H3. The van der Waals surface area contributed by atoms with E-state index in [0.29, 0.717) is 0 Å². The van der Waals surface area contributed by atoms with Crippen LogP contribution < -0.4 is 44.0 Å². The van der Waals surface area contributed by atoms with E-state index < -0.39 is 28.6 Å². The van der Waals surface area contributed by atoms with Gasteiger partial charge in [-0.2, -0.15) is 0 Å². The number of benzene rings is 4. The summed E-state index contributed by atoms with van der Waals surface area (Å²) >= 11 is 0. The van der Waals surface area contributed by atoms with Crippen molar-refractivity contribution >= 4 is 44.1 Å². The van der Waals surface area contributed by atoms with Crippen molar-refractivity contribution in [3.63, 3.8) is 0 Å². The monoisotopic (exact) mass is 716 g/mol. The molecule has 0 fully saturated rings. The maximum absolute atomic E-state index is 5.78. The second kappa shape index (κ2) is 20.1. The van der Waals surface area contributed by atoms with Crippen molar-refractivity contribution in [3.05, 3.63) is 90.5 Å². The van der Waals surface area contributed by atoms with Gasteiger partial charge in [0.05, 0.1) is 71.2 Å². The van der Waals surface area contributed by atoms with Crippen molar-refractivity contribution in [3.8, 4) is 34.5 Å². The average Bonchev–Trinajstić information content (AvgIpc) is 3.15. The van der Waals surface area contributed by atoms with E-state index in [1.165, 1.54) is 77.8 Å². The molecule has 0 spiro atoms. The molecule has 0 aliphatic heterocycles. The molecule has 0 aliphatic rings. The Bertz CT molecular complexity index is 1410. The Morgan fingerprint density at radius 2 is 0.755 bits per heavy atom. The first-order valence-electron chi connectivity index (χ1n) is 17.7. The van der Waals surface area contributed by atoms with Crippen molar-refractivity contribution < 1.29 is 28.4 Å². The fourth-order valence-electron chi connectivity index (χ4n) is 7.39. The highest BCUT2D eigenvalue weighted by molar-refractivity contribution is 6.55. The molecule has 4 aromatic rings. The minimum Gasteiger partial charge on any atom is -0.493 e. The molecule has 0 radical (unpaired) electrons. The van der Waals surface area contributed by atoms with Gasteiger partial charge < -0.3 is 28.4 Å². The number of rotatable bonds is 22. The third-order valence-corrected chi connectivity index (χ3v) is 15.7. The Labute approximate surface area is 301 Å². The van der Waals surface area contributed by atoms with E-state index in [0.717, 1.165) is 34.5 Å². The number of hydrogen-bond acceptors (Lipinski definition) is 6. The first kappa shape index (κ1) is 38.1. The van der Waals surface area contributed by atoms with Gasteiger partial charge >= 0.3 is 0 Å². The molecule has 0 aliphatic carbocycles. The fraction of sp³-hybridized carbons (Fsp3) is 0.400. The molecule has 0 atom stereocenters. The van der Waals surface area contributed by atoms with E-state index in [9.17, 15) is 0 Å². The average molecular weight is 717 g/mol. The normalized spacial score (nSPS) is 12.9. The predicted octanol–water partition coefficient (Wildman–Crippen LogP) is 5.05. The summed E-state index contributed by atoms with van der Waals surface area (Å²) in [6.07, 6.45) is 7.23. The minimum absolute atomic E-state index is 0.147. The largest absolute Gasteiger partial charge is 0.493 e. The van der Waals surface area contributed by atoms with Gasteiger partial charge in [-0.15, -0.1) is 0 Å². The molecule has 0 aromatic heterocycles. The maximum atomic E-state index is 5.78. The van der Waals surface area contributed by atoms with Gasteiger partial charge in [0.2, 0.25) is 0 Å². The highest BCUT2D eigenvalue weighted by Gasteiger charge is 2.31. The van der Waals surface area contributed by atoms with Gasteiger partial charge in [-0.1, -0.05) is 104 Å². The van der Waals surface area contributed by atoms with Crippen molar-refractivity contribution in [2.45, 2.75) is 62.1 Å². The quantitative estimate of drug-likeness (QED) is 0.0839. The van der Waals surface area contributed by atoms with Crippen molar-refractivity contribution in [1.29, 1.82) is 0 Å². The van der Waals surface area contributed by atoms with Crippen LogP contribution in [0.2, 0.25) is 18.1 Å². The molecule has 0 unspecified atom stereocenters. The number of ether oxygens (including phenoxy) is 6. The number of para-hydroxylation sites is 3. The molecule has 4 aromatic carbocycles. The van der Waals surface area contributed by atoms with Gasteiger partial charge in [0.15, 0.2) is 34.5 Å². The van der Waals surface area contributed by atoms with Gasteiger partial charge in [-0.05, 0) is 64.0 Å². The van der Waals surface area contributed by atoms with Crippen LogP contribution in [0.4, 0.5) is 0 Å². The molecule has 0 N–H and O–H groups in total. The third kappa shape index (κ3) is 10.2. The van der Waals surface area contributed by atoms with Gasteiger partial charge in [-0.25, -0.2) is 0 Å². The van der Waals surface area contributed by atoms with Crippen molar-refractivity contribution in [2.75, 3.05) is 42.7 Å². The lowest BCUT2D eigenvalue weighted by atomic mass is 9.70. The molecular formula is C40H56O6Si3. The third-order valence-electron chi connectivity index (χ3n) is 9.89. The van der Waals surface area contributed by atoms with Crippen LogP contribution in [0.1, 0.15) is 44.1 Å². The molecule has 0 heterocycles. The summed E-state index contributed by atoms with van der Waals surface area (Å²) in [5.41, 5.74) is 1.64. The summed E-state index contributed by atoms with van der Waals surface area (Å²) in [7, 11) is 8.87. The first-order chi connectivity index (χ1) is 24.0. The Kier molecular flexibility index (Phi) is 15.7. The highest BCUT2D eigenvalue weighted by Crippen LogP contribution is 2.40. The molecule has 49 heavy (non-hydrogen) atoms. The molecule has 0 amide bonds. The summed E-state index contributed by atoms with van der Waals surface area (Å²) in [6.45, 7) is 0. The first-order valence-corrected chi connectivity index (χ1v) is 22.8. The van der Waals surface area contributed by atoms with Crippen molar-refractivity contribution in [1.82, 2.24) is 0 Å². The van der Waals surface area contributed by atoms with Crippen LogP contribution in [-0.2, 0) is 5.41 Å². The molecule has 0 bridgehead atoms. The topological polar surface area (TPSA) is 55.4 Å². The Hall–Kier alpha value is -3.67. The summed E-state index contributed by atoms with van der Waals surface area (Å²) < 4.78 is 34.1. The summed E-state index contributed by atoms with van der Waals surface area (Å²) in [4.78, 5) is 0. The van der Waals surface area contributed by atoms with E-state index in [2.05, 4.69) is 66.7 Å². The molecular weight excluding hydrogens is 661 g/mol. The molecule has 9 heteroatoms. The second-order valence-electron chi connectivity index (χ2n) is 12.7. The van der Waals surface area contributed by atoms with Crippen LogP contribution in [0.15, 0.2) is 84.9 Å². The van der Waals surface area contributed by atoms with E-state index in [-0.39, 0.29) is 5.41 Å². The second-order valence-corrected chi connectivity index (χ2v) is 18.6. The Morgan fingerprint density at radius 1 is 0.408 bits per heavy atom. The summed E-state index contributed by atoms with van der Waals surface area (Å²) in [5.74, 6) is 5.25. The van der Waals surface area contributed by atoms with E-state index in [1.54, 1.807) is 42.7 Å². The van der Waals surface area contributed by atoms with Crippen LogP contribution in [0.5, 0.6) is 34.5 Å². The lowest BCUT2D eigenvalue weighted by Gasteiger charge is -2.35. The zero-order chi connectivity index (χ0) is 34.9. The van der Waals surface area contributed by atoms with Gasteiger partial charge in [0.1, 0.15) is 0 Å². The van der Waals surface area contributed by atoms with E-state index in [4.69, 9.17) is 28.4 Å². The molecule has 4 rings (SSSR count). The van der Waals surface area contributed by atoms with Crippen LogP contribution in [0.3, 0.4) is 0 Å². The summed E-state index contributed by atoms with van der Waals surface area (Å²) in [6, 6.07) is 34.0. The predicted molar refractivity (Wildman–Crippen MR) is 213 cm³/mol. The Balaban J connectivity index is 1.51. The smallest absolute Gasteiger partial charge is 0.160 e. The van der Waals surface area contributed by atoms with Crippen LogP contribution in [-0.4, -0.2) is 71.2 Å². The SMILES string of the molecule is COc1cccc([SiH2]CCCC(CCC[SiH2]c2cccc(OC)c2OC)(CCC[SiH2]c2cccc(OC)c2OC)c2ccccc2)c1OC. The maximum Gasteiger partial charge on any atom is 0.160 e. The zero-order valence-corrected chi connectivity index (χ0v) is 34.8. The minimum atomic E-state index is -0.518. The Morgan fingerprint density at radius 3 is 1.06 bits per heavy atom. The van der Waals surface area contributed by atoms with Crippen molar-refractivity contribution in [2.24, 2.45) is 0 Å². The van der Waals surface area contributed by atoms with Crippen LogP contribution >= 0.6 is 0 Å². The number of hydrogen-bond donors (Lipinski definition) is 0. The van der Waals surface area contributed by atoms with E-state index in [1.807, 2.05) is 18.2 Å². The van der Waals surface area contributed by atoms with Gasteiger partial charge in [-0.3, -0.25) is 0 Å². The molecule has 264 valence electrons. The van der Waals surface area contributed by atoms with Crippen LogP contribution in [0, 0.1) is 0 Å².